The number of benzene rings is 1. The van der Waals surface area contributed by atoms with E-state index in [4.69, 9.17) is 4.18 Å². The second-order valence-corrected chi connectivity index (χ2v) is 6.84. The molecule has 1 unspecified atom stereocenters. The van der Waals surface area contributed by atoms with Gasteiger partial charge in [-0.05, 0) is 24.1 Å². The van der Waals surface area contributed by atoms with Gasteiger partial charge in [-0.3, -0.25) is 0 Å². The first-order valence-corrected chi connectivity index (χ1v) is 5.93. The quantitative estimate of drug-likeness (QED) is 0.376. The Bertz CT molecular complexity index is 255. The van der Waals surface area contributed by atoms with E-state index in [1.165, 1.54) is 5.56 Å². The van der Waals surface area contributed by atoms with Crippen molar-refractivity contribution in [2.75, 3.05) is 0 Å². The van der Waals surface area contributed by atoms with Crippen molar-refractivity contribution in [2.45, 2.75) is 9.25 Å². The molecule has 0 fully saturated rings. The Labute approximate surface area is 99.8 Å². The van der Waals surface area contributed by atoms with Crippen LogP contribution in [-0.2, 0) is 6.42 Å². The van der Waals surface area contributed by atoms with Crippen molar-refractivity contribution in [3.8, 4) is 5.75 Å². The van der Waals surface area contributed by atoms with E-state index in [9.17, 15) is 0 Å². The summed E-state index contributed by atoms with van der Waals surface area (Å²) < 4.78 is 5.28. The first-order valence-electron chi connectivity index (χ1n) is 3.41. The van der Waals surface area contributed by atoms with Gasteiger partial charge in [-0.15, -0.1) is 0 Å². The van der Waals surface area contributed by atoms with Crippen LogP contribution in [-0.4, -0.2) is 2.83 Å². The first-order chi connectivity index (χ1) is 5.72. The minimum Gasteiger partial charge on any atom is -0.429 e. The van der Waals surface area contributed by atoms with Gasteiger partial charge in [0, 0.05) is 12.9 Å². The predicted molar refractivity (Wildman–Crippen MR) is 66.5 cm³/mol. The molecule has 1 aromatic carbocycles. The van der Waals surface area contributed by atoms with Crippen LogP contribution in [0.2, 0.25) is 0 Å². The molecule has 4 heteroatoms. The summed E-state index contributed by atoms with van der Waals surface area (Å²) in [6.07, 6.45) is 0.992. The number of hydrogen-bond acceptors (Lipinski definition) is 2. The van der Waals surface area contributed by atoms with Crippen LogP contribution < -0.4 is 4.18 Å². The molecule has 0 saturated carbocycles. The summed E-state index contributed by atoms with van der Waals surface area (Å²) in [4.78, 5) is 0. The van der Waals surface area contributed by atoms with E-state index in [1.807, 2.05) is 18.2 Å². The molecule has 0 spiro atoms. The zero-order valence-electron chi connectivity index (χ0n) is 6.21. The molecule has 1 aromatic rings. The third-order valence-electron chi connectivity index (χ3n) is 1.39. The van der Waals surface area contributed by atoms with Gasteiger partial charge >= 0.3 is 0 Å². The van der Waals surface area contributed by atoms with E-state index >= 15 is 0 Å². The average Bonchev–Trinajstić information content (AvgIpc) is 2.03. The van der Waals surface area contributed by atoms with Crippen molar-refractivity contribution in [3.63, 3.8) is 0 Å². The molecule has 1 nitrogen and oxygen atoms in total. The van der Waals surface area contributed by atoms with Gasteiger partial charge < -0.3 is 4.18 Å². The Morgan fingerprint density at radius 3 is 2.92 bits per heavy atom. The highest BCUT2D eigenvalue weighted by Crippen LogP contribution is 2.20. The van der Waals surface area contributed by atoms with E-state index in [0.29, 0.717) is 2.83 Å². The highest BCUT2D eigenvalue weighted by molar-refractivity contribution is 14.1. The van der Waals surface area contributed by atoms with Crippen LogP contribution in [0.5, 0.6) is 5.75 Å². The fraction of sp³-hybridized carbons (Fsp3) is 0.250. The molecule has 0 bridgehead atoms. The highest BCUT2D eigenvalue weighted by atomic mass is 127. The van der Waals surface area contributed by atoms with Gasteiger partial charge in [0.05, 0.1) is 2.83 Å². The van der Waals surface area contributed by atoms with Crippen molar-refractivity contribution < 1.29 is 4.18 Å². The van der Waals surface area contributed by atoms with Crippen molar-refractivity contribution >= 4 is 51.4 Å². The van der Waals surface area contributed by atoms with Crippen LogP contribution in [0.1, 0.15) is 5.56 Å². The van der Waals surface area contributed by atoms with Crippen molar-refractivity contribution in [2.24, 2.45) is 0 Å². The lowest BCUT2D eigenvalue weighted by molar-refractivity contribution is 0.657. The standard InChI is InChI=1S/C8H8BrIOS/c9-8(10)5-6-2-1-3-7(4-6)11-12/h1-4,8,12H,5H2. The van der Waals surface area contributed by atoms with Gasteiger partial charge in [-0.25, -0.2) is 0 Å². The molecule has 1 rings (SSSR count). The summed E-state index contributed by atoms with van der Waals surface area (Å²) in [6, 6.07) is 7.91. The van der Waals surface area contributed by atoms with E-state index in [0.717, 1.165) is 12.2 Å². The largest absolute Gasteiger partial charge is 0.429 e. The summed E-state index contributed by atoms with van der Waals surface area (Å²) in [5.41, 5.74) is 1.25. The number of halogens is 2. The van der Waals surface area contributed by atoms with Gasteiger partial charge in [-0.1, -0.05) is 50.7 Å². The maximum atomic E-state index is 4.81. The molecule has 0 aliphatic heterocycles. The molecule has 0 heterocycles. The lowest BCUT2D eigenvalue weighted by Crippen LogP contribution is -1.92. The van der Waals surface area contributed by atoms with Gasteiger partial charge in [0.2, 0.25) is 0 Å². The Balaban J connectivity index is 2.72. The minimum absolute atomic E-state index is 0.463. The lowest BCUT2D eigenvalue weighted by Gasteiger charge is -2.03. The van der Waals surface area contributed by atoms with Crippen molar-refractivity contribution in [3.05, 3.63) is 29.8 Å². The molecular formula is C8H8BrIOS. The van der Waals surface area contributed by atoms with Gasteiger partial charge in [-0.2, -0.15) is 0 Å². The lowest BCUT2D eigenvalue weighted by atomic mass is 10.2. The van der Waals surface area contributed by atoms with Gasteiger partial charge in [0.1, 0.15) is 5.75 Å². The molecule has 0 aliphatic rings. The zero-order valence-corrected chi connectivity index (χ0v) is 10.8. The number of hydrogen-bond donors (Lipinski definition) is 1. The molecule has 0 N–H and O–H groups in total. The SMILES string of the molecule is SOc1cccc(CC(Br)I)c1. The van der Waals surface area contributed by atoms with Crippen LogP contribution in [0.4, 0.5) is 0 Å². The Kier molecular flexibility index (Phi) is 4.74. The fourth-order valence-electron chi connectivity index (χ4n) is 0.907. The number of alkyl halides is 2. The molecule has 66 valence electrons. The molecule has 1 atom stereocenters. The fourth-order valence-corrected chi connectivity index (χ4v) is 1.90. The third-order valence-corrected chi connectivity index (χ3v) is 2.37. The van der Waals surface area contributed by atoms with Crippen molar-refractivity contribution in [1.82, 2.24) is 0 Å². The second kappa shape index (κ2) is 5.34. The first kappa shape index (κ1) is 10.7. The second-order valence-electron chi connectivity index (χ2n) is 2.33. The normalized spacial score (nSPS) is 12.6. The van der Waals surface area contributed by atoms with Gasteiger partial charge in [0.15, 0.2) is 0 Å². The summed E-state index contributed by atoms with van der Waals surface area (Å²) in [6.45, 7) is 0. The Hall–Kier alpha value is 0.580. The molecule has 0 amide bonds. The molecule has 12 heavy (non-hydrogen) atoms. The molecule has 0 aliphatic carbocycles. The van der Waals surface area contributed by atoms with E-state index in [-0.39, 0.29) is 0 Å². The molecular weight excluding hydrogens is 351 g/mol. The number of rotatable bonds is 3. The summed E-state index contributed by atoms with van der Waals surface area (Å²) in [7, 11) is 0. The Morgan fingerprint density at radius 2 is 2.33 bits per heavy atom. The van der Waals surface area contributed by atoms with Crippen LogP contribution in [0, 0.1) is 0 Å². The highest BCUT2D eigenvalue weighted by Gasteiger charge is 2.01. The maximum absolute atomic E-state index is 4.81. The molecule has 0 radical (unpaired) electrons. The smallest absolute Gasteiger partial charge is 0.137 e. The van der Waals surface area contributed by atoms with Crippen LogP contribution >= 0.6 is 51.4 Å². The van der Waals surface area contributed by atoms with Crippen LogP contribution in [0.3, 0.4) is 0 Å². The molecule has 0 aromatic heterocycles. The summed E-state index contributed by atoms with van der Waals surface area (Å²) in [5.74, 6) is 0.792. The summed E-state index contributed by atoms with van der Waals surface area (Å²) in [5, 5.41) is 0. The van der Waals surface area contributed by atoms with E-state index in [2.05, 4.69) is 57.5 Å². The monoisotopic (exact) mass is 358 g/mol. The predicted octanol–water partition coefficient (Wildman–Crippen LogP) is 3.61. The zero-order chi connectivity index (χ0) is 8.97. The van der Waals surface area contributed by atoms with E-state index < -0.39 is 0 Å². The maximum Gasteiger partial charge on any atom is 0.137 e. The van der Waals surface area contributed by atoms with Gasteiger partial charge in [0.25, 0.3) is 0 Å². The Morgan fingerprint density at radius 1 is 1.58 bits per heavy atom. The summed E-state index contributed by atoms with van der Waals surface area (Å²) >= 11 is 9.55. The molecule has 0 saturated heterocycles. The average molecular weight is 359 g/mol. The topological polar surface area (TPSA) is 9.23 Å². The van der Waals surface area contributed by atoms with Crippen LogP contribution in [0.25, 0.3) is 0 Å². The third kappa shape index (κ3) is 3.53. The number of thiol groups is 1. The van der Waals surface area contributed by atoms with Crippen LogP contribution in [0.15, 0.2) is 24.3 Å². The van der Waals surface area contributed by atoms with Crippen molar-refractivity contribution in [1.29, 1.82) is 0 Å². The van der Waals surface area contributed by atoms with E-state index in [1.54, 1.807) is 0 Å². The minimum atomic E-state index is 0.463.